The number of hydrogen-bond donors (Lipinski definition) is 2. The van der Waals surface area contributed by atoms with E-state index in [0.29, 0.717) is 11.3 Å². The summed E-state index contributed by atoms with van der Waals surface area (Å²) in [6.45, 7) is 2.12. The highest BCUT2D eigenvalue weighted by molar-refractivity contribution is 6.30. The molecule has 5 nitrogen and oxygen atoms in total. The molecule has 7 heteroatoms. The van der Waals surface area contributed by atoms with Crippen LogP contribution in [0.3, 0.4) is 0 Å². The lowest BCUT2D eigenvalue weighted by Gasteiger charge is -2.22. The minimum atomic E-state index is -2.14. The Bertz CT molecular complexity index is 836. The van der Waals surface area contributed by atoms with Gasteiger partial charge in [-0.25, -0.2) is 4.39 Å². The van der Waals surface area contributed by atoms with Crippen LogP contribution in [-0.2, 0) is 16.1 Å². The average Bonchev–Trinajstić information content (AvgIpc) is 2.89. The number of carbonyl (C=O) groups excluding carboxylic acids is 2. The fraction of sp³-hybridized carbons (Fsp3) is 0.263. The molecule has 0 spiro atoms. The molecule has 2 aromatic rings. The molecule has 1 fully saturated rings. The number of hydrogen-bond acceptors (Lipinski definition) is 3. The standard InChI is InChI=1S/C19H18ClFN2O3/c1-12-2-4-16(5-3-12)23-7-6-19(26,18(23)25)17(24)22-11-13-8-14(20)10-15(21)9-13/h2-5,8-10,26H,6-7,11H2,1H3,(H,22,24). The van der Waals surface area contributed by atoms with E-state index in [2.05, 4.69) is 5.32 Å². The topological polar surface area (TPSA) is 69.6 Å². The summed E-state index contributed by atoms with van der Waals surface area (Å²) in [6, 6.07) is 11.1. The molecule has 2 aromatic carbocycles. The first-order valence-electron chi connectivity index (χ1n) is 8.14. The second kappa shape index (κ2) is 7.05. The van der Waals surface area contributed by atoms with Gasteiger partial charge in [-0.05, 0) is 42.8 Å². The Hall–Kier alpha value is -2.44. The van der Waals surface area contributed by atoms with Gasteiger partial charge in [-0.1, -0.05) is 29.3 Å². The van der Waals surface area contributed by atoms with Gasteiger partial charge in [0.15, 0.2) is 0 Å². The number of nitrogens with zero attached hydrogens (tertiary/aromatic N) is 1. The molecule has 0 bridgehead atoms. The van der Waals surface area contributed by atoms with Gasteiger partial charge in [0.1, 0.15) is 5.82 Å². The van der Waals surface area contributed by atoms with Crippen molar-refractivity contribution in [3.63, 3.8) is 0 Å². The molecule has 0 aliphatic carbocycles. The highest BCUT2D eigenvalue weighted by Gasteiger charge is 2.51. The van der Waals surface area contributed by atoms with Gasteiger partial charge in [0, 0.05) is 30.2 Å². The second-order valence-electron chi connectivity index (χ2n) is 6.36. The van der Waals surface area contributed by atoms with E-state index in [4.69, 9.17) is 11.6 Å². The van der Waals surface area contributed by atoms with Crippen LogP contribution in [0, 0.1) is 12.7 Å². The number of amides is 2. The first kappa shape index (κ1) is 18.4. The van der Waals surface area contributed by atoms with Gasteiger partial charge in [-0.3, -0.25) is 9.59 Å². The number of aryl methyl sites for hydroxylation is 1. The third-order valence-corrected chi connectivity index (χ3v) is 4.61. The predicted molar refractivity (Wildman–Crippen MR) is 96.4 cm³/mol. The Balaban J connectivity index is 1.70. The van der Waals surface area contributed by atoms with E-state index in [9.17, 15) is 19.1 Å². The van der Waals surface area contributed by atoms with Crippen molar-refractivity contribution in [1.82, 2.24) is 5.32 Å². The van der Waals surface area contributed by atoms with E-state index >= 15 is 0 Å². The van der Waals surface area contributed by atoms with Crippen LogP contribution >= 0.6 is 11.6 Å². The summed E-state index contributed by atoms with van der Waals surface area (Å²) in [5.41, 5.74) is -0.0293. The van der Waals surface area contributed by atoms with Gasteiger partial charge in [-0.2, -0.15) is 0 Å². The molecule has 1 unspecified atom stereocenters. The van der Waals surface area contributed by atoms with Gasteiger partial charge in [0.25, 0.3) is 11.8 Å². The summed E-state index contributed by atoms with van der Waals surface area (Å²) < 4.78 is 13.4. The molecule has 1 aliphatic heterocycles. The first-order valence-corrected chi connectivity index (χ1v) is 8.52. The maximum absolute atomic E-state index is 13.4. The lowest BCUT2D eigenvalue weighted by Crippen LogP contribution is -2.52. The van der Waals surface area contributed by atoms with Gasteiger partial charge in [0.2, 0.25) is 5.60 Å². The van der Waals surface area contributed by atoms with Crippen molar-refractivity contribution < 1.29 is 19.1 Å². The molecule has 3 rings (SSSR count). The molecule has 1 aliphatic rings. The molecule has 1 heterocycles. The molecule has 0 aromatic heterocycles. The van der Waals surface area contributed by atoms with Crippen molar-refractivity contribution in [3.8, 4) is 0 Å². The number of anilines is 1. The molecule has 0 saturated carbocycles. The molecule has 1 atom stereocenters. The first-order chi connectivity index (χ1) is 12.3. The highest BCUT2D eigenvalue weighted by atomic mass is 35.5. The summed E-state index contributed by atoms with van der Waals surface area (Å²) in [4.78, 5) is 26.4. The minimum absolute atomic E-state index is 0.0184. The summed E-state index contributed by atoms with van der Waals surface area (Å²) >= 11 is 5.78. The molecule has 136 valence electrons. The van der Waals surface area contributed by atoms with Crippen LogP contribution in [-0.4, -0.2) is 29.1 Å². The number of aliphatic hydroxyl groups is 1. The van der Waals surface area contributed by atoms with Crippen LogP contribution < -0.4 is 10.2 Å². The maximum atomic E-state index is 13.4. The number of halogens is 2. The zero-order chi connectivity index (χ0) is 18.9. The molecule has 0 radical (unpaired) electrons. The van der Waals surface area contributed by atoms with Crippen LogP contribution in [0.25, 0.3) is 0 Å². The predicted octanol–water partition coefficient (Wildman–Crippen LogP) is 2.57. The van der Waals surface area contributed by atoms with E-state index < -0.39 is 23.2 Å². The summed E-state index contributed by atoms with van der Waals surface area (Å²) in [5, 5.41) is 13.3. The normalized spacial score (nSPS) is 19.7. The zero-order valence-electron chi connectivity index (χ0n) is 14.1. The zero-order valence-corrected chi connectivity index (χ0v) is 14.9. The lowest BCUT2D eigenvalue weighted by atomic mass is 10.0. The maximum Gasteiger partial charge on any atom is 0.268 e. The monoisotopic (exact) mass is 376 g/mol. The molecule has 26 heavy (non-hydrogen) atoms. The van der Waals surface area contributed by atoms with Crippen molar-refractivity contribution in [3.05, 3.63) is 64.4 Å². The Kier molecular flexibility index (Phi) is 4.98. The SMILES string of the molecule is Cc1ccc(N2CCC(O)(C(=O)NCc3cc(F)cc(Cl)c3)C2=O)cc1. The molecule has 2 N–H and O–H groups in total. The van der Waals surface area contributed by atoms with E-state index in [-0.39, 0.29) is 24.5 Å². The number of carbonyl (C=O) groups is 2. The fourth-order valence-electron chi connectivity index (χ4n) is 2.93. The van der Waals surface area contributed by atoms with Crippen molar-refractivity contribution in [2.75, 3.05) is 11.4 Å². The Morgan fingerprint density at radius 3 is 2.65 bits per heavy atom. The van der Waals surface area contributed by atoms with Gasteiger partial charge < -0.3 is 15.3 Å². The minimum Gasteiger partial charge on any atom is -0.372 e. The van der Waals surface area contributed by atoms with E-state index in [0.717, 1.165) is 11.6 Å². The smallest absolute Gasteiger partial charge is 0.268 e. The number of rotatable bonds is 4. The number of nitrogens with one attached hydrogen (secondary N) is 1. The third kappa shape index (κ3) is 3.57. The molecular formula is C19H18ClFN2O3. The largest absolute Gasteiger partial charge is 0.372 e. The number of benzene rings is 2. The van der Waals surface area contributed by atoms with Crippen LogP contribution in [0.1, 0.15) is 17.5 Å². The van der Waals surface area contributed by atoms with Gasteiger partial charge in [-0.15, -0.1) is 0 Å². The molecule has 1 saturated heterocycles. The molecular weight excluding hydrogens is 359 g/mol. The average molecular weight is 377 g/mol. The summed E-state index contributed by atoms with van der Waals surface area (Å²) in [5.74, 6) is -2.00. The highest BCUT2D eigenvalue weighted by Crippen LogP contribution is 2.29. The Morgan fingerprint density at radius 2 is 2.00 bits per heavy atom. The Morgan fingerprint density at radius 1 is 1.31 bits per heavy atom. The summed E-state index contributed by atoms with van der Waals surface area (Å²) in [6.07, 6.45) is -0.0184. The Labute approximate surface area is 155 Å². The van der Waals surface area contributed by atoms with Crippen molar-refractivity contribution >= 4 is 29.1 Å². The van der Waals surface area contributed by atoms with Crippen LogP contribution in [0.4, 0.5) is 10.1 Å². The third-order valence-electron chi connectivity index (χ3n) is 4.39. The lowest BCUT2D eigenvalue weighted by molar-refractivity contribution is -0.149. The van der Waals surface area contributed by atoms with Crippen LogP contribution in [0.2, 0.25) is 5.02 Å². The van der Waals surface area contributed by atoms with E-state index in [1.54, 1.807) is 12.1 Å². The van der Waals surface area contributed by atoms with Crippen molar-refractivity contribution in [1.29, 1.82) is 0 Å². The van der Waals surface area contributed by atoms with Gasteiger partial charge >= 0.3 is 0 Å². The van der Waals surface area contributed by atoms with E-state index in [1.807, 2.05) is 19.1 Å². The second-order valence-corrected chi connectivity index (χ2v) is 6.80. The van der Waals surface area contributed by atoms with Crippen molar-refractivity contribution in [2.45, 2.75) is 25.5 Å². The summed E-state index contributed by atoms with van der Waals surface area (Å²) in [7, 11) is 0. The molecule has 2 amide bonds. The van der Waals surface area contributed by atoms with Crippen LogP contribution in [0.5, 0.6) is 0 Å². The fourth-order valence-corrected chi connectivity index (χ4v) is 3.17. The quantitative estimate of drug-likeness (QED) is 0.806. The van der Waals surface area contributed by atoms with Crippen LogP contribution in [0.15, 0.2) is 42.5 Å². The van der Waals surface area contributed by atoms with Crippen molar-refractivity contribution in [2.24, 2.45) is 0 Å². The van der Waals surface area contributed by atoms with Gasteiger partial charge in [0.05, 0.1) is 0 Å². The van der Waals surface area contributed by atoms with E-state index in [1.165, 1.54) is 17.0 Å².